The fraction of sp³-hybridized carbons (Fsp3) is 0.653. The summed E-state index contributed by atoms with van der Waals surface area (Å²) >= 11 is 6.82. The van der Waals surface area contributed by atoms with Crippen LogP contribution in [0.2, 0.25) is 0 Å². The summed E-state index contributed by atoms with van der Waals surface area (Å²) in [6, 6.07) is -10.4. The lowest BCUT2D eigenvalue weighted by molar-refractivity contribution is -0.268. The van der Waals surface area contributed by atoms with Crippen LogP contribution in [0, 0.1) is 29.6 Å². The van der Waals surface area contributed by atoms with Crippen LogP contribution in [0.5, 0.6) is 5.75 Å². The number of cyclic esters (lactones) is 1. The Morgan fingerprint density at radius 3 is 2.03 bits per heavy atom. The number of nitrogens with zero attached hydrogens (tertiary/aromatic N) is 2. The van der Waals surface area contributed by atoms with Crippen molar-refractivity contribution in [3.63, 3.8) is 0 Å². The zero-order valence-corrected chi connectivity index (χ0v) is 65.2. The van der Waals surface area contributed by atoms with Crippen molar-refractivity contribution < 1.29 is 112 Å². The minimum atomic E-state index is -2.16. The lowest BCUT2D eigenvalue weighted by Gasteiger charge is -2.41. The van der Waals surface area contributed by atoms with Crippen molar-refractivity contribution >= 4 is 88.5 Å². The van der Waals surface area contributed by atoms with E-state index in [1.807, 2.05) is 26.8 Å². The van der Waals surface area contributed by atoms with E-state index in [1.165, 1.54) is 113 Å². The first-order valence-electron chi connectivity index (χ1n) is 36.1. The van der Waals surface area contributed by atoms with Gasteiger partial charge in [0.05, 0.1) is 43.9 Å². The maximum Gasteiger partial charge on any atom is 0.329 e. The van der Waals surface area contributed by atoms with Crippen LogP contribution in [0.3, 0.4) is 0 Å². The highest BCUT2D eigenvalue weighted by atomic mass is 35.5. The number of esters is 1. The van der Waals surface area contributed by atoms with Crippen LogP contribution in [-0.2, 0) is 81.3 Å². The highest BCUT2D eigenvalue weighted by Crippen LogP contribution is 2.32. The predicted molar refractivity (Wildman–Crippen MR) is 392 cm³/mol. The van der Waals surface area contributed by atoms with Crippen molar-refractivity contribution in [2.45, 2.75) is 224 Å². The van der Waals surface area contributed by atoms with E-state index in [0.29, 0.717) is 0 Å². The molecule has 109 heavy (non-hydrogen) atoms. The molecule has 3 heterocycles. The van der Waals surface area contributed by atoms with E-state index in [4.69, 9.17) is 46.8 Å². The quantitative estimate of drug-likeness (QED) is 0.0167. The normalized spacial score (nSPS) is 27.6. The van der Waals surface area contributed by atoms with Crippen molar-refractivity contribution in [1.29, 1.82) is 0 Å². The van der Waals surface area contributed by atoms with Gasteiger partial charge >= 0.3 is 5.97 Å². The molecule has 0 bridgehead atoms. The van der Waals surface area contributed by atoms with E-state index >= 15 is 19.2 Å². The zero-order chi connectivity index (χ0) is 82.3. The number of amides is 12. The van der Waals surface area contributed by atoms with Gasteiger partial charge < -0.3 is 118 Å². The number of likely N-dealkylation sites (N-methyl/N-ethyl adjacent to an activating group) is 1. The Morgan fingerprint density at radius 2 is 1.46 bits per heavy atom. The van der Waals surface area contributed by atoms with Gasteiger partial charge in [-0.2, -0.15) is 0 Å². The number of methoxy groups -OCH3 is 2. The monoisotopic (exact) mass is 1560 g/mol. The number of aliphatic hydroxyl groups is 5. The Labute approximate surface area is 639 Å². The summed E-state index contributed by atoms with van der Waals surface area (Å²) in [5.74, 6) is -18.3. The van der Waals surface area contributed by atoms with E-state index < -0.39 is 241 Å². The number of nitrogens with one attached hydrogen (secondary N) is 9. The molecule has 1 aromatic carbocycles. The number of hydrogen-bond acceptors (Lipinski definition) is 24. The number of aliphatic hydroxyl groups excluding tert-OH is 5. The second-order valence-corrected chi connectivity index (χ2v) is 28.8. The molecular weight excluding hydrogens is 1450 g/mol. The Bertz CT molecular complexity index is 3450. The minimum Gasteiger partial charge on any atom is -0.462 e. The number of hydrogen-bond donors (Lipinski definition) is 16. The van der Waals surface area contributed by atoms with Gasteiger partial charge in [0.1, 0.15) is 90.3 Å². The van der Waals surface area contributed by atoms with Gasteiger partial charge in [0.2, 0.25) is 71.3 Å². The summed E-state index contributed by atoms with van der Waals surface area (Å²) in [5.41, 5.74) is 12.7. The fourth-order valence-corrected chi connectivity index (χ4v) is 12.4. The fourth-order valence-electron chi connectivity index (χ4n) is 12.2. The third-order valence-electron chi connectivity index (χ3n) is 19.3. The SMILES string of the molecule is CC=C(NC(=O)CNC(=O)[C@H](C)[C@@H](O)C=CC(C)=C[C@H](C)CC)C(=O)N[C@H](C(=O)N[C@H](C(=O)N[C@H]1C(=O)N[C@H](COC)C(=O)NCC(=O)N[C@@H](C)C(=O)N(C)[C@@H]([C@@H](C)O)C(=O)N[C@H]([C@H](OC)c2ccc(O[C@@H]3O[C@@H](C)[C@H](O)[C@@H](O)[C@H]3O)cc2)C(=O)N2CC[C@H](Cl)C[C@H]2C(=O)O[C@@H]1C(C)C)[C@@H](C)[C@@H](C)C(N)=O)[C@H](C)N. The van der Waals surface area contributed by atoms with E-state index in [2.05, 4.69) is 47.9 Å². The van der Waals surface area contributed by atoms with Crippen molar-refractivity contribution in [2.75, 3.05) is 47.5 Å². The summed E-state index contributed by atoms with van der Waals surface area (Å²) in [6.07, 6.45) is -6.76. The second-order valence-electron chi connectivity index (χ2n) is 28.2. The molecule has 3 saturated heterocycles. The second kappa shape index (κ2) is 43.0. The van der Waals surface area contributed by atoms with Crippen LogP contribution in [-0.4, -0.2) is 268 Å². The van der Waals surface area contributed by atoms with Gasteiger partial charge in [0.15, 0.2) is 0 Å². The van der Waals surface area contributed by atoms with Gasteiger partial charge in [-0.25, -0.2) is 4.79 Å². The van der Waals surface area contributed by atoms with Gasteiger partial charge in [-0.15, -0.1) is 11.6 Å². The van der Waals surface area contributed by atoms with Gasteiger partial charge in [0, 0.05) is 45.1 Å². The molecule has 0 unspecified atom stereocenters. The third kappa shape index (κ3) is 25.9. The molecule has 18 N–H and O–H groups in total. The number of nitrogens with two attached hydrogens (primary N) is 2. The summed E-state index contributed by atoms with van der Waals surface area (Å²) in [4.78, 5) is 188. The Kier molecular flexibility index (Phi) is 36.6. The number of ether oxygens (including phenoxy) is 5. The predicted octanol–water partition coefficient (Wildman–Crippen LogP) is -3.55. The molecule has 0 aliphatic carbocycles. The number of primary amides is 1. The molecule has 0 saturated carbocycles. The van der Waals surface area contributed by atoms with E-state index in [9.17, 15) is 68.7 Å². The molecule has 0 radical (unpaired) electrons. The standard InChI is InChI=1S/C72H112ClN13O23/c1-17-33(5)27-34(6)19-24-48(88)37(9)62(95)76-30-50(90)79-45(18-2)64(97)82-52(38(10)74)66(99)81-51(35(7)36(8)61(75)94)65(98)83-53-59(32(3)4)109-71(104)47-28-43(73)25-26-86(47)70(103)54(60(106-16)42-20-22-44(23-21-42)108-72-58(93)57(92)56(91)41(13)107-72)84-68(101)55(40(12)87)85(14)69(102)39(11)78-49(89)29-77-63(96)46(31-105-15)80-67(53)100/h18-24,27,32-33,35-41,43,46-48,51-60,72,87-88,91-93H,17,25-26,28-31,74H2,1-16H3,(H2,75,94)(H,76,95)(H,77,96)(H,78,89)(H,79,90)(H,80,100)(H,81,99)(H,82,97)(H,83,98)(H,84,101)/t33-,35+,36-,37-,38+,39+,40-,41+,43+,46-,47+,48+,51+,52+,53-,54-,55+,56+,57-,58-,59-,60-,72+/m1/s1. The van der Waals surface area contributed by atoms with Crippen LogP contribution >= 0.6 is 11.6 Å². The number of piperidine rings is 1. The third-order valence-corrected chi connectivity index (χ3v) is 19.7. The molecule has 0 aromatic heterocycles. The first-order chi connectivity index (χ1) is 51.0. The van der Waals surface area contributed by atoms with Gasteiger partial charge in [-0.3, -0.25) is 57.5 Å². The molecule has 4 rings (SSSR count). The average molecular weight is 1560 g/mol. The molecule has 37 heteroatoms. The summed E-state index contributed by atoms with van der Waals surface area (Å²) in [6.45, 7) is 16.9. The lowest BCUT2D eigenvalue weighted by Crippen LogP contribution is -2.66. The van der Waals surface area contributed by atoms with Gasteiger partial charge in [-0.05, 0) is 89.8 Å². The number of carbonyl (C=O) groups is 13. The lowest BCUT2D eigenvalue weighted by atomic mass is 9.87. The van der Waals surface area contributed by atoms with Crippen LogP contribution in [0.25, 0.3) is 0 Å². The van der Waals surface area contributed by atoms with Crippen molar-refractivity contribution in [1.82, 2.24) is 57.7 Å². The molecule has 23 atom stereocenters. The number of fused-ring (bicyclic) bond motifs is 1. The largest absolute Gasteiger partial charge is 0.462 e. The molecule has 610 valence electrons. The van der Waals surface area contributed by atoms with Crippen LogP contribution in [0.1, 0.15) is 121 Å². The number of alkyl halides is 1. The van der Waals surface area contributed by atoms with Crippen molar-refractivity contribution in [3.8, 4) is 5.75 Å². The topological polar surface area (TPSA) is 536 Å². The molecule has 3 fully saturated rings. The molecule has 0 spiro atoms. The van der Waals surface area contributed by atoms with Crippen LogP contribution in [0.15, 0.2) is 59.8 Å². The summed E-state index contributed by atoms with van der Waals surface area (Å²) in [7, 11) is 3.46. The Hall–Kier alpha value is -8.72. The van der Waals surface area contributed by atoms with E-state index in [0.717, 1.165) is 36.0 Å². The molecule has 36 nitrogen and oxygen atoms in total. The smallest absolute Gasteiger partial charge is 0.329 e. The highest BCUT2D eigenvalue weighted by molar-refractivity contribution is 6.21. The summed E-state index contributed by atoms with van der Waals surface area (Å²) in [5, 5.41) is 74.5. The molecule has 1 aromatic rings. The van der Waals surface area contributed by atoms with Gasteiger partial charge in [-0.1, -0.05) is 96.9 Å². The zero-order valence-electron chi connectivity index (χ0n) is 64.4. The summed E-state index contributed by atoms with van der Waals surface area (Å²) < 4.78 is 29.0. The average Bonchev–Trinajstić information content (AvgIpc) is 0.796. The van der Waals surface area contributed by atoms with Crippen LogP contribution in [0.4, 0.5) is 0 Å². The maximum atomic E-state index is 15.7. The highest BCUT2D eigenvalue weighted by Gasteiger charge is 2.49. The Morgan fingerprint density at radius 1 is 0.817 bits per heavy atom. The first-order valence-corrected chi connectivity index (χ1v) is 36.5. The number of carbonyl (C=O) groups excluding carboxylic acids is 13. The van der Waals surface area contributed by atoms with Crippen LogP contribution < -0.4 is 64.1 Å². The Balaban J connectivity index is 1.83. The van der Waals surface area contributed by atoms with E-state index in [1.54, 1.807) is 6.08 Å². The van der Waals surface area contributed by atoms with E-state index in [-0.39, 0.29) is 36.6 Å². The minimum absolute atomic E-state index is 0.00852. The van der Waals surface area contributed by atoms with Crippen molar-refractivity contribution in [3.05, 3.63) is 65.4 Å². The maximum absolute atomic E-state index is 15.7. The first kappa shape index (κ1) is 92.7. The number of benzene rings is 1. The number of allylic oxidation sites excluding steroid dienone is 4. The number of halogens is 1. The number of rotatable bonds is 28. The molecule has 3 aliphatic rings. The van der Waals surface area contributed by atoms with Crippen molar-refractivity contribution in [2.24, 2.45) is 41.1 Å². The van der Waals surface area contributed by atoms with Gasteiger partial charge in [0.25, 0.3) is 5.91 Å². The molecule has 12 amide bonds. The molecule has 3 aliphatic heterocycles. The molecular formula is C72H112ClN13O23.